The summed E-state index contributed by atoms with van der Waals surface area (Å²) in [5.74, 6) is 3.62. The van der Waals surface area contributed by atoms with Crippen molar-refractivity contribution in [2.24, 2.45) is 4.99 Å². The van der Waals surface area contributed by atoms with Crippen LogP contribution in [0.4, 0.5) is 0 Å². The van der Waals surface area contributed by atoms with Crippen LogP contribution in [-0.4, -0.2) is 46.0 Å². The van der Waals surface area contributed by atoms with Gasteiger partial charge in [-0.05, 0) is 46.2 Å². The number of nitrogens with zero attached hydrogens (tertiary/aromatic N) is 4. The lowest BCUT2D eigenvalue weighted by molar-refractivity contribution is 0.230. The van der Waals surface area contributed by atoms with E-state index in [4.69, 9.17) is 9.73 Å². The van der Waals surface area contributed by atoms with Gasteiger partial charge in [-0.25, -0.2) is 14.7 Å². The summed E-state index contributed by atoms with van der Waals surface area (Å²) in [5.41, 5.74) is 1.23. The summed E-state index contributed by atoms with van der Waals surface area (Å²) < 4.78 is 7.96. The number of benzene rings is 1. The Balaban J connectivity index is 1.55. The summed E-state index contributed by atoms with van der Waals surface area (Å²) >= 11 is 0. The molecule has 0 spiro atoms. The second kappa shape index (κ2) is 8.88. The first kappa shape index (κ1) is 19.2. The van der Waals surface area contributed by atoms with Gasteiger partial charge in [-0.15, -0.1) is 0 Å². The fourth-order valence-corrected chi connectivity index (χ4v) is 3.17. The molecule has 2 unspecified atom stereocenters. The topological polar surface area (TPSA) is 76.4 Å². The van der Waals surface area contributed by atoms with Crippen LogP contribution in [0.25, 0.3) is 0 Å². The number of rotatable bonds is 6. The lowest BCUT2D eigenvalue weighted by atomic mass is 10.1. The zero-order valence-corrected chi connectivity index (χ0v) is 16.7. The van der Waals surface area contributed by atoms with Gasteiger partial charge in [0.05, 0.1) is 13.1 Å². The molecule has 27 heavy (non-hydrogen) atoms. The molecule has 0 fully saturated rings. The average molecular weight is 371 g/mol. The molecule has 0 bridgehead atoms. The first-order valence-corrected chi connectivity index (χ1v) is 9.72. The predicted octanol–water partition coefficient (Wildman–Crippen LogP) is 2.23. The number of hydrogen-bond acceptors (Lipinski definition) is 4. The number of aryl methyl sites for hydroxylation is 3. The van der Waals surface area contributed by atoms with Gasteiger partial charge in [0.25, 0.3) is 0 Å². The van der Waals surface area contributed by atoms with E-state index in [0.717, 1.165) is 49.3 Å². The Bertz CT molecular complexity index is 767. The fraction of sp³-hybridized carbons (Fsp3) is 0.550. The van der Waals surface area contributed by atoms with Crippen molar-refractivity contribution < 1.29 is 4.74 Å². The van der Waals surface area contributed by atoms with E-state index in [1.807, 2.05) is 30.7 Å². The summed E-state index contributed by atoms with van der Waals surface area (Å²) in [6, 6.07) is 8.40. The number of aliphatic imine (C=N–C) groups is 1. The second-order valence-electron chi connectivity index (χ2n) is 7.10. The fourth-order valence-electron chi connectivity index (χ4n) is 3.17. The van der Waals surface area contributed by atoms with Crippen LogP contribution in [0.1, 0.15) is 37.5 Å². The molecule has 0 aliphatic carbocycles. The molecule has 1 aliphatic rings. The van der Waals surface area contributed by atoms with Crippen LogP contribution in [-0.2, 0) is 13.0 Å². The molecule has 146 valence electrons. The van der Waals surface area contributed by atoms with Gasteiger partial charge in [-0.1, -0.05) is 17.7 Å². The minimum absolute atomic E-state index is 0.000847. The molecule has 1 aliphatic heterocycles. The normalized spacial score (nSPS) is 17.9. The van der Waals surface area contributed by atoms with Gasteiger partial charge in [0, 0.05) is 19.0 Å². The summed E-state index contributed by atoms with van der Waals surface area (Å²) in [4.78, 5) is 9.17. The van der Waals surface area contributed by atoms with Gasteiger partial charge in [0.2, 0.25) is 0 Å². The molecule has 0 saturated heterocycles. The van der Waals surface area contributed by atoms with Crippen molar-refractivity contribution in [2.75, 3.05) is 13.1 Å². The molecule has 3 rings (SSSR count). The van der Waals surface area contributed by atoms with Crippen molar-refractivity contribution in [1.82, 2.24) is 25.4 Å². The lowest BCUT2D eigenvalue weighted by Crippen LogP contribution is -2.47. The van der Waals surface area contributed by atoms with Crippen molar-refractivity contribution in [3.05, 3.63) is 41.5 Å². The smallest absolute Gasteiger partial charge is 0.191 e. The summed E-state index contributed by atoms with van der Waals surface area (Å²) in [5, 5.41) is 11.3. The lowest BCUT2D eigenvalue weighted by Gasteiger charge is -2.25. The number of nitrogens with one attached hydrogen (secondary N) is 2. The highest BCUT2D eigenvalue weighted by Gasteiger charge is 2.21. The van der Waals surface area contributed by atoms with Crippen molar-refractivity contribution in [3.8, 4) is 5.75 Å². The molecule has 2 aromatic rings. The Morgan fingerprint density at radius 3 is 2.85 bits per heavy atom. The number of ether oxygens (including phenoxy) is 1. The molecule has 2 heterocycles. The average Bonchev–Trinajstić information content (AvgIpc) is 3.01. The summed E-state index contributed by atoms with van der Waals surface area (Å²) in [6.45, 7) is 10.3. The van der Waals surface area contributed by atoms with Crippen LogP contribution in [0.3, 0.4) is 0 Å². The number of guanidine groups is 1. The predicted molar refractivity (Wildman–Crippen MR) is 107 cm³/mol. The zero-order chi connectivity index (χ0) is 19.2. The third kappa shape index (κ3) is 5.45. The highest BCUT2D eigenvalue weighted by Crippen LogP contribution is 2.14. The minimum atomic E-state index is -0.000847. The van der Waals surface area contributed by atoms with Gasteiger partial charge < -0.3 is 15.4 Å². The van der Waals surface area contributed by atoms with Crippen LogP contribution < -0.4 is 15.4 Å². The van der Waals surface area contributed by atoms with Gasteiger partial charge in [-0.3, -0.25) is 0 Å². The minimum Gasteiger partial charge on any atom is -0.489 e. The van der Waals surface area contributed by atoms with Crippen molar-refractivity contribution in [1.29, 1.82) is 0 Å². The van der Waals surface area contributed by atoms with Crippen LogP contribution in [0.2, 0.25) is 0 Å². The largest absolute Gasteiger partial charge is 0.489 e. The zero-order valence-electron chi connectivity index (χ0n) is 16.7. The number of aromatic nitrogens is 3. The van der Waals surface area contributed by atoms with E-state index in [1.54, 1.807) is 0 Å². The number of hydrogen-bond donors (Lipinski definition) is 2. The first-order valence-electron chi connectivity index (χ1n) is 9.72. The van der Waals surface area contributed by atoms with E-state index in [0.29, 0.717) is 12.6 Å². The van der Waals surface area contributed by atoms with E-state index in [1.165, 1.54) is 5.56 Å². The third-order valence-corrected chi connectivity index (χ3v) is 4.51. The molecule has 7 heteroatoms. The molecule has 2 atom stereocenters. The molecule has 1 aromatic heterocycles. The first-order chi connectivity index (χ1) is 13.0. The standard InChI is InChI=1S/C20H30N6O/c1-5-21-20(22-12-15(3)27-18-9-6-14(2)7-10-18)24-17-8-11-19-23-16(4)25-26(19)13-17/h6-7,9-10,15,17H,5,8,11-13H2,1-4H3,(H2,21,22,24). The Morgan fingerprint density at radius 2 is 2.11 bits per heavy atom. The van der Waals surface area contributed by atoms with E-state index in [9.17, 15) is 0 Å². The molecule has 0 amide bonds. The molecule has 0 saturated carbocycles. The second-order valence-corrected chi connectivity index (χ2v) is 7.10. The highest BCUT2D eigenvalue weighted by atomic mass is 16.5. The van der Waals surface area contributed by atoms with Gasteiger partial charge in [0.15, 0.2) is 5.96 Å². The van der Waals surface area contributed by atoms with E-state index in [2.05, 4.69) is 46.7 Å². The molecular weight excluding hydrogens is 340 g/mol. The highest BCUT2D eigenvalue weighted by molar-refractivity contribution is 5.80. The maximum atomic E-state index is 5.95. The van der Waals surface area contributed by atoms with Crippen LogP contribution in [0, 0.1) is 13.8 Å². The van der Waals surface area contributed by atoms with Crippen LogP contribution in [0.15, 0.2) is 29.3 Å². The number of fused-ring (bicyclic) bond motifs is 1. The van der Waals surface area contributed by atoms with E-state index in [-0.39, 0.29) is 6.10 Å². The SMILES string of the molecule is CCNC(=NCC(C)Oc1ccc(C)cc1)NC1CCc2nc(C)nn2C1. The Labute approximate surface area is 161 Å². The molecule has 0 radical (unpaired) electrons. The third-order valence-electron chi connectivity index (χ3n) is 4.51. The van der Waals surface area contributed by atoms with Crippen molar-refractivity contribution >= 4 is 5.96 Å². The Morgan fingerprint density at radius 1 is 1.33 bits per heavy atom. The van der Waals surface area contributed by atoms with Gasteiger partial charge in [-0.2, -0.15) is 5.10 Å². The maximum absolute atomic E-state index is 5.95. The maximum Gasteiger partial charge on any atom is 0.191 e. The Hall–Kier alpha value is -2.57. The van der Waals surface area contributed by atoms with Crippen LogP contribution in [0.5, 0.6) is 5.75 Å². The quantitative estimate of drug-likeness (QED) is 0.602. The van der Waals surface area contributed by atoms with Crippen molar-refractivity contribution in [3.63, 3.8) is 0 Å². The van der Waals surface area contributed by atoms with Gasteiger partial charge in [0.1, 0.15) is 23.5 Å². The van der Waals surface area contributed by atoms with E-state index >= 15 is 0 Å². The molecule has 2 N–H and O–H groups in total. The van der Waals surface area contributed by atoms with E-state index < -0.39 is 0 Å². The van der Waals surface area contributed by atoms with Crippen LogP contribution >= 0.6 is 0 Å². The van der Waals surface area contributed by atoms with Gasteiger partial charge >= 0.3 is 0 Å². The Kier molecular flexibility index (Phi) is 6.32. The summed E-state index contributed by atoms with van der Waals surface area (Å²) in [7, 11) is 0. The summed E-state index contributed by atoms with van der Waals surface area (Å²) in [6.07, 6.45) is 1.96. The molecule has 7 nitrogen and oxygen atoms in total. The molecule has 1 aromatic carbocycles. The monoisotopic (exact) mass is 370 g/mol. The van der Waals surface area contributed by atoms with Crippen molar-refractivity contribution in [2.45, 2.75) is 59.2 Å². The molecular formula is C20H30N6O.